The summed E-state index contributed by atoms with van der Waals surface area (Å²) in [4.78, 5) is 134. The molecule has 31 heteroatoms. The average molecular weight is 1190 g/mol. The van der Waals surface area contributed by atoms with E-state index in [1.807, 2.05) is 0 Å². The number of ether oxygens (including phenoxy) is 4. The van der Waals surface area contributed by atoms with Gasteiger partial charge in [-0.05, 0) is 63.7 Å². The number of aliphatic hydroxyl groups excluding tert-OH is 6. The SMILES string of the molecule is CC(=O)N[C@H]1[C@@H](OC[C@H](N)C(=O)N[C@@H](CC(C)C)C(=O)N2CCC[C@H]2C(=O)N[C@@H](C)C(=O)N[C@@H](C)C(=O)N[C@H](C(=O)N[C@H](C(=O)N[C@H](C(=O)N[C@@H](C)C(=O)O)C(C)C)C(C)C)C(C)C)O[C@H](CO)[C@H](O)[C@@H]1O[C@@H]1O[C@H](CO)[C@H](O)[C@H](O)[C@H]1O. The predicted molar refractivity (Wildman–Crippen MR) is 289 cm³/mol. The number of carboxylic acids is 1. The lowest BCUT2D eigenvalue weighted by molar-refractivity contribution is -0.344. The van der Waals surface area contributed by atoms with Gasteiger partial charge < -0.3 is 108 Å². The number of hydrogen-bond donors (Lipinski definition) is 16. The van der Waals surface area contributed by atoms with E-state index in [2.05, 4.69) is 42.5 Å². The van der Waals surface area contributed by atoms with E-state index >= 15 is 0 Å². The molecule has 3 heterocycles. The Labute approximate surface area is 481 Å². The van der Waals surface area contributed by atoms with Gasteiger partial charge in [-0.25, -0.2) is 0 Å². The van der Waals surface area contributed by atoms with Crippen LogP contribution in [0.5, 0.6) is 0 Å². The molecule has 0 radical (unpaired) electrons. The average Bonchev–Trinajstić information content (AvgIpc) is 3.89. The monoisotopic (exact) mass is 1190 g/mol. The lowest BCUT2D eigenvalue weighted by atomic mass is 9.95. The van der Waals surface area contributed by atoms with Crippen molar-refractivity contribution in [2.75, 3.05) is 26.4 Å². The highest BCUT2D eigenvalue weighted by Crippen LogP contribution is 2.30. The summed E-state index contributed by atoms with van der Waals surface area (Å²) in [5.74, 6) is -9.79. The maximum atomic E-state index is 14.3. The van der Waals surface area contributed by atoms with E-state index < -0.39 is 212 Å². The van der Waals surface area contributed by atoms with Crippen LogP contribution in [0, 0.1) is 23.7 Å². The van der Waals surface area contributed by atoms with Crippen LogP contribution in [0.3, 0.4) is 0 Å². The van der Waals surface area contributed by atoms with E-state index in [1.54, 1.807) is 55.4 Å². The van der Waals surface area contributed by atoms with Gasteiger partial charge in [0, 0.05) is 13.5 Å². The maximum Gasteiger partial charge on any atom is 0.325 e. The Hall–Kier alpha value is -5.74. The molecular weight excluding hydrogens is 1100 g/mol. The van der Waals surface area contributed by atoms with Gasteiger partial charge in [-0.3, -0.25) is 47.9 Å². The van der Waals surface area contributed by atoms with Gasteiger partial charge in [0.2, 0.25) is 53.2 Å². The highest BCUT2D eigenvalue weighted by molar-refractivity contribution is 5.98. The van der Waals surface area contributed by atoms with Crippen molar-refractivity contribution in [3.63, 3.8) is 0 Å². The molecule has 3 saturated heterocycles. The van der Waals surface area contributed by atoms with Crippen molar-refractivity contribution in [1.29, 1.82) is 0 Å². The molecule has 3 fully saturated rings. The van der Waals surface area contributed by atoms with E-state index in [9.17, 15) is 83.7 Å². The molecule has 17 N–H and O–H groups in total. The number of amides is 9. The van der Waals surface area contributed by atoms with Gasteiger partial charge in [0.1, 0.15) is 103 Å². The fourth-order valence-electron chi connectivity index (χ4n) is 9.36. The summed E-state index contributed by atoms with van der Waals surface area (Å²) >= 11 is 0. The van der Waals surface area contributed by atoms with Gasteiger partial charge in [-0.1, -0.05) is 55.4 Å². The number of aliphatic carboxylic acids is 1. The highest BCUT2D eigenvalue weighted by Gasteiger charge is 2.52. The molecule has 0 unspecified atom stereocenters. The van der Waals surface area contributed by atoms with Crippen LogP contribution in [0.1, 0.15) is 102 Å². The van der Waals surface area contributed by atoms with Crippen molar-refractivity contribution in [2.45, 2.75) is 218 Å². The maximum absolute atomic E-state index is 14.3. The van der Waals surface area contributed by atoms with Gasteiger partial charge in [0.25, 0.3) is 0 Å². The Balaban J connectivity index is 1.66. The Bertz CT molecular complexity index is 2240. The van der Waals surface area contributed by atoms with Crippen molar-refractivity contribution in [3.8, 4) is 0 Å². The summed E-state index contributed by atoms with van der Waals surface area (Å²) in [6.07, 6.45) is -14.6. The minimum atomic E-state index is -1.93. The van der Waals surface area contributed by atoms with Crippen LogP contribution in [0.4, 0.5) is 0 Å². The second-order valence-electron chi connectivity index (χ2n) is 22.8. The summed E-state index contributed by atoms with van der Waals surface area (Å²) < 4.78 is 22.8. The predicted octanol–water partition coefficient (Wildman–Crippen LogP) is -6.36. The molecule has 0 bridgehead atoms. The van der Waals surface area contributed by atoms with Crippen LogP contribution in [-0.2, 0) is 66.9 Å². The molecule has 0 saturated carbocycles. The molecule has 3 rings (SSSR count). The van der Waals surface area contributed by atoms with Crippen LogP contribution < -0.4 is 48.3 Å². The molecule has 0 spiro atoms. The van der Waals surface area contributed by atoms with Crippen molar-refractivity contribution >= 4 is 59.1 Å². The quantitative estimate of drug-likeness (QED) is 0.0331. The molecule has 0 aliphatic carbocycles. The third-order valence-electron chi connectivity index (χ3n) is 14.3. The second-order valence-corrected chi connectivity index (χ2v) is 22.8. The first kappa shape index (κ1) is 71.5. The van der Waals surface area contributed by atoms with Crippen LogP contribution in [-0.4, -0.2) is 242 Å². The topological polar surface area (TPSA) is 475 Å². The van der Waals surface area contributed by atoms with Gasteiger partial charge in [0.05, 0.1) is 19.8 Å². The fourth-order valence-corrected chi connectivity index (χ4v) is 9.36. The van der Waals surface area contributed by atoms with Crippen LogP contribution >= 0.6 is 0 Å². The summed E-state index contributed by atoms with van der Waals surface area (Å²) in [6.45, 7) is 16.3. The number of carboxylic acid groups (broad SMARTS) is 1. The molecule has 83 heavy (non-hydrogen) atoms. The first-order chi connectivity index (χ1) is 38.7. The van der Waals surface area contributed by atoms with Crippen molar-refractivity contribution in [3.05, 3.63) is 0 Å². The van der Waals surface area contributed by atoms with E-state index in [1.165, 1.54) is 25.7 Å². The Morgan fingerprint density at radius 1 is 0.590 bits per heavy atom. The zero-order chi connectivity index (χ0) is 63.1. The van der Waals surface area contributed by atoms with Gasteiger partial charge in [-0.2, -0.15) is 0 Å². The van der Waals surface area contributed by atoms with Gasteiger partial charge >= 0.3 is 5.97 Å². The minimum Gasteiger partial charge on any atom is -0.480 e. The third kappa shape index (κ3) is 19.9. The zero-order valence-electron chi connectivity index (χ0n) is 49.1. The minimum absolute atomic E-state index is 0.0773. The van der Waals surface area contributed by atoms with Gasteiger partial charge in [-0.15, -0.1) is 0 Å². The summed E-state index contributed by atoms with van der Waals surface area (Å²) in [5, 5.41) is 91.7. The number of carbonyl (C=O) groups excluding carboxylic acids is 9. The first-order valence-electron chi connectivity index (χ1n) is 27.9. The number of carbonyl (C=O) groups is 10. The van der Waals surface area contributed by atoms with Crippen molar-refractivity contribution in [1.82, 2.24) is 47.4 Å². The molecule has 0 aromatic carbocycles. The van der Waals surface area contributed by atoms with Crippen LogP contribution in [0.2, 0.25) is 0 Å². The lowest BCUT2D eigenvalue weighted by Crippen LogP contribution is -2.68. The Morgan fingerprint density at radius 3 is 1.55 bits per heavy atom. The molecule has 474 valence electrons. The fraction of sp³-hybridized carbons (Fsp3) is 0.808. The Morgan fingerprint density at radius 2 is 1.06 bits per heavy atom. The number of hydrogen-bond acceptors (Lipinski definition) is 21. The number of nitrogens with one attached hydrogen (secondary N) is 8. The van der Waals surface area contributed by atoms with E-state index in [4.69, 9.17) is 24.7 Å². The molecule has 9 amide bonds. The standard InChI is InChI=1S/C52H90N10O21/c1-20(2)16-29(58-44(72)28(53)19-80-51-36(57-27(12)65)41(38(67)32(18-64)81-51)83-52-40(69)39(68)37(66)31(17-63)82-52)49(77)62-15-13-14-30(62)45(73)55-24(9)42(70)54-25(10)43(71)59-34(22(5)6)47(75)61-35(23(7)8)48(76)60-33(21(3)4)46(74)56-26(11)50(78)79/h20-26,28-41,51-52,63-64,66-69H,13-19,53H2,1-12H3,(H,54,70)(H,55,73)(H,56,74)(H,57,65)(H,58,72)(H,59,71)(H,60,76)(H,61,75)(H,78,79)/t24-,25-,26-,28-,29-,30-,31+,32+,33-,34-,35-,36+,37-,38-,39-,40+,41+,51-,52-/m0/s1. The summed E-state index contributed by atoms with van der Waals surface area (Å²) in [7, 11) is 0. The zero-order valence-corrected chi connectivity index (χ0v) is 49.1. The molecule has 0 aromatic heterocycles. The molecule has 19 atom stereocenters. The van der Waals surface area contributed by atoms with Crippen LogP contribution in [0.15, 0.2) is 0 Å². The number of nitrogens with two attached hydrogens (primary N) is 1. The molecule has 3 aliphatic heterocycles. The number of rotatable bonds is 29. The van der Waals surface area contributed by atoms with Gasteiger partial charge in [0.15, 0.2) is 12.6 Å². The largest absolute Gasteiger partial charge is 0.480 e. The molecule has 0 aromatic rings. The van der Waals surface area contributed by atoms with E-state index in [0.29, 0.717) is 6.42 Å². The molecule has 31 nitrogen and oxygen atoms in total. The van der Waals surface area contributed by atoms with Crippen LogP contribution in [0.25, 0.3) is 0 Å². The first-order valence-corrected chi connectivity index (χ1v) is 27.9. The third-order valence-corrected chi connectivity index (χ3v) is 14.3. The molecule has 3 aliphatic rings. The van der Waals surface area contributed by atoms with Crippen molar-refractivity contribution < 1.29 is 103 Å². The van der Waals surface area contributed by atoms with E-state index in [-0.39, 0.29) is 25.3 Å². The summed E-state index contributed by atoms with van der Waals surface area (Å²) in [6, 6.07) is -12.7. The smallest absolute Gasteiger partial charge is 0.325 e. The number of nitrogens with zero attached hydrogens (tertiary/aromatic N) is 1. The molecular formula is C52H90N10O21. The lowest BCUT2D eigenvalue weighted by Gasteiger charge is -2.47. The van der Waals surface area contributed by atoms with Crippen molar-refractivity contribution in [2.24, 2.45) is 29.4 Å². The Kier molecular flexibility index (Phi) is 28.0. The normalized spacial score (nSPS) is 27.5. The highest BCUT2D eigenvalue weighted by atomic mass is 16.7. The van der Waals surface area contributed by atoms with E-state index in [0.717, 1.165) is 6.92 Å². The summed E-state index contributed by atoms with van der Waals surface area (Å²) in [5.41, 5.74) is 6.27. The number of likely N-dealkylation sites (tertiary alicyclic amines) is 1. The number of aliphatic hydroxyl groups is 6. The second kappa shape index (κ2) is 32.5.